The smallest absolute Gasteiger partial charge is 0.242 e. The Kier molecular flexibility index (Phi) is 6.51. The summed E-state index contributed by atoms with van der Waals surface area (Å²) in [6.45, 7) is 3.98. The molecule has 0 saturated carbocycles. The highest BCUT2D eigenvalue weighted by Gasteiger charge is 2.17. The van der Waals surface area contributed by atoms with Crippen LogP contribution in [0.3, 0.4) is 0 Å². The Balaban J connectivity index is 2.70. The van der Waals surface area contributed by atoms with Gasteiger partial charge in [-0.1, -0.05) is 38.4 Å². The molecule has 0 spiro atoms. The number of nitrogens with zero attached hydrogens (tertiary/aromatic N) is 1. The summed E-state index contributed by atoms with van der Waals surface area (Å²) in [6, 6.07) is 2.88. The zero-order valence-electron chi connectivity index (χ0n) is 11.8. The van der Waals surface area contributed by atoms with Crippen LogP contribution in [0.15, 0.2) is 23.2 Å². The highest BCUT2D eigenvalue weighted by molar-refractivity contribution is 7.89. The van der Waals surface area contributed by atoms with Gasteiger partial charge in [-0.05, 0) is 25.5 Å². The van der Waals surface area contributed by atoms with Crippen molar-refractivity contribution in [3.63, 3.8) is 0 Å². The van der Waals surface area contributed by atoms with Crippen LogP contribution in [0.1, 0.15) is 45.2 Å². The van der Waals surface area contributed by atoms with Crippen LogP contribution in [0, 0.1) is 0 Å². The first-order valence-corrected chi connectivity index (χ1v) is 8.54. The molecule has 0 aliphatic rings. The molecule has 5 nitrogen and oxygen atoms in total. The van der Waals surface area contributed by atoms with Crippen molar-refractivity contribution < 1.29 is 8.42 Å². The Morgan fingerprint density at radius 1 is 1.45 bits per heavy atom. The Bertz CT molecular complexity index is 541. The molecule has 7 heteroatoms. The Hall–Kier alpha value is -1.05. The lowest BCUT2D eigenvalue weighted by molar-refractivity contribution is 0.527. The number of nitrogens with two attached hydrogens (primary N) is 1. The third-order valence-corrected chi connectivity index (χ3v) is 4.68. The molecular formula is C13H21N3O2S2. The van der Waals surface area contributed by atoms with E-state index in [0.29, 0.717) is 5.69 Å². The number of rotatable bonds is 8. The van der Waals surface area contributed by atoms with E-state index in [4.69, 9.17) is 18.0 Å². The molecule has 0 amide bonds. The standard InChI is InChI=1S/C13H21N3O2S2/c1-3-4-5-6-10(2)16-20(17,18)11-7-8-12(13(14)19)15-9-11/h7-10,16H,3-6H2,1-2H3,(H2,14,19). The van der Waals surface area contributed by atoms with Crippen molar-refractivity contribution in [2.75, 3.05) is 0 Å². The summed E-state index contributed by atoms with van der Waals surface area (Å²) in [4.78, 5) is 4.21. The lowest BCUT2D eigenvalue weighted by atomic mass is 10.1. The lowest BCUT2D eigenvalue weighted by Crippen LogP contribution is -2.32. The maximum atomic E-state index is 12.1. The van der Waals surface area contributed by atoms with E-state index >= 15 is 0 Å². The van der Waals surface area contributed by atoms with E-state index < -0.39 is 10.0 Å². The molecule has 0 saturated heterocycles. The van der Waals surface area contributed by atoms with Gasteiger partial charge in [-0.2, -0.15) is 0 Å². The van der Waals surface area contributed by atoms with Crippen LogP contribution in [-0.2, 0) is 10.0 Å². The topological polar surface area (TPSA) is 85.1 Å². The second-order valence-corrected chi connectivity index (χ2v) is 6.92. The molecule has 3 N–H and O–H groups in total. The van der Waals surface area contributed by atoms with E-state index in [2.05, 4.69) is 16.6 Å². The van der Waals surface area contributed by atoms with Gasteiger partial charge in [0, 0.05) is 12.2 Å². The van der Waals surface area contributed by atoms with E-state index in [0.717, 1.165) is 25.7 Å². The summed E-state index contributed by atoms with van der Waals surface area (Å²) in [6.07, 6.45) is 5.33. The van der Waals surface area contributed by atoms with Crippen LogP contribution >= 0.6 is 12.2 Å². The Morgan fingerprint density at radius 3 is 2.65 bits per heavy atom. The normalized spacial score (nSPS) is 13.1. The van der Waals surface area contributed by atoms with Gasteiger partial charge in [0.2, 0.25) is 10.0 Å². The van der Waals surface area contributed by atoms with Crippen LogP contribution in [-0.4, -0.2) is 24.4 Å². The van der Waals surface area contributed by atoms with Crippen LogP contribution in [0.4, 0.5) is 0 Å². The number of thiocarbonyl (C=S) groups is 1. The molecule has 0 radical (unpaired) electrons. The molecular weight excluding hydrogens is 294 g/mol. The first-order chi connectivity index (χ1) is 9.36. The minimum absolute atomic E-state index is 0.0955. The SMILES string of the molecule is CCCCCC(C)NS(=O)(=O)c1ccc(C(N)=S)nc1. The molecule has 0 fully saturated rings. The number of pyridine rings is 1. The average molecular weight is 315 g/mol. The largest absolute Gasteiger partial charge is 0.388 e. The third kappa shape index (κ3) is 5.15. The minimum atomic E-state index is -3.54. The molecule has 1 unspecified atom stereocenters. The summed E-state index contributed by atoms with van der Waals surface area (Å²) >= 11 is 4.78. The molecule has 1 aromatic heterocycles. The monoisotopic (exact) mass is 315 g/mol. The van der Waals surface area contributed by atoms with E-state index in [1.165, 1.54) is 18.3 Å². The van der Waals surface area contributed by atoms with Crippen molar-refractivity contribution in [3.8, 4) is 0 Å². The molecule has 1 rings (SSSR count). The molecule has 20 heavy (non-hydrogen) atoms. The summed E-state index contributed by atoms with van der Waals surface area (Å²) < 4.78 is 26.9. The van der Waals surface area contributed by atoms with Crippen LogP contribution < -0.4 is 10.5 Å². The molecule has 0 aromatic carbocycles. The van der Waals surface area contributed by atoms with Gasteiger partial charge in [0.1, 0.15) is 9.88 Å². The first-order valence-electron chi connectivity index (χ1n) is 6.65. The molecule has 0 bridgehead atoms. The summed E-state index contributed by atoms with van der Waals surface area (Å²) in [5.41, 5.74) is 5.84. The predicted octanol–water partition coefficient (Wildman–Crippen LogP) is 1.96. The molecule has 1 aromatic rings. The fourth-order valence-corrected chi connectivity index (χ4v) is 3.12. The van der Waals surface area contributed by atoms with Gasteiger partial charge in [0.05, 0.1) is 5.69 Å². The third-order valence-electron chi connectivity index (χ3n) is 2.90. The van der Waals surface area contributed by atoms with Gasteiger partial charge < -0.3 is 5.73 Å². The summed E-state index contributed by atoms with van der Waals surface area (Å²) in [5.74, 6) is 0. The van der Waals surface area contributed by atoms with Crippen molar-refractivity contribution in [1.82, 2.24) is 9.71 Å². The molecule has 1 atom stereocenters. The molecule has 0 aliphatic heterocycles. The van der Waals surface area contributed by atoms with E-state index in [1.807, 2.05) is 6.92 Å². The Morgan fingerprint density at radius 2 is 2.15 bits per heavy atom. The van der Waals surface area contributed by atoms with E-state index in [-0.39, 0.29) is 15.9 Å². The predicted molar refractivity (Wildman–Crippen MR) is 84.0 cm³/mol. The Labute approximate surface area is 126 Å². The fraction of sp³-hybridized carbons (Fsp3) is 0.538. The number of aromatic nitrogens is 1. The van der Waals surface area contributed by atoms with Gasteiger partial charge in [-0.3, -0.25) is 4.98 Å². The minimum Gasteiger partial charge on any atom is -0.388 e. The fourth-order valence-electron chi connectivity index (χ4n) is 1.78. The maximum absolute atomic E-state index is 12.1. The lowest BCUT2D eigenvalue weighted by Gasteiger charge is -2.14. The highest BCUT2D eigenvalue weighted by Crippen LogP contribution is 2.11. The summed E-state index contributed by atoms with van der Waals surface area (Å²) in [7, 11) is -3.54. The highest BCUT2D eigenvalue weighted by atomic mass is 32.2. The van der Waals surface area contributed by atoms with Crippen molar-refractivity contribution in [1.29, 1.82) is 0 Å². The number of unbranched alkanes of at least 4 members (excludes halogenated alkanes) is 2. The van der Waals surface area contributed by atoms with Gasteiger partial charge in [-0.15, -0.1) is 0 Å². The maximum Gasteiger partial charge on any atom is 0.242 e. The number of hydrogen-bond donors (Lipinski definition) is 2. The second-order valence-electron chi connectivity index (χ2n) is 4.76. The quantitative estimate of drug-likeness (QED) is 0.566. The van der Waals surface area contributed by atoms with Gasteiger partial charge >= 0.3 is 0 Å². The molecule has 112 valence electrons. The van der Waals surface area contributed by atoms with Crippen molar-refractivity contribution in [2.24, 2.45) is 5.73 Å². The van der Waals surface area contributed by atoms with Crippen LogP contribution in [0.25, 0.3) is 0 Å². The summed E-state index contributed by atoms with van der Waals surface area (Å²) in [5, 5.41) is 0. The number of nitrogens with one attached hydrogen (secondary N) is 1. The van der Waals surface area contributed by atoms with Crippen molar-refractivity contribution >= 4 is 27.2 Å². The zero-order valence-corrected chi connectivity index (χ0v) is 13.4. The average Bonchev–Trinajstić information content (AvgIpc) is 2.38. The number of sulfonamides is 1. The number of hydrogen-bond acceptors (Lipinski definition) is 4. The second kappa shape index (κ2) is 7.66. The molecule has 0 aliphatic carbocycles. The van der Waals surface area contributed by atoms with Crippen LogP contribution in [0.5, 0.6) is 0 Å². The van der Waals surface area contributed by atoms with E-state index in [1.54, 1.807) is 0 Å². The first kappa shape index (κ1) is 17.0. The van der Waals surface area contributed by atoms with Gasteiger partial charge in [0.15, 0.2) is 0 Å². The van der Waals surface area contributed by atoms with Crippen molar-refractivity contribution in [2.45, 2.75) is 50.5 Å². The van der Waals surface area contributed by atoms with Crippen LogP contribution in [0.2, 0.25) is 0 Å². The van der Waals surface area contributed by atoms with E-state index in [9.17, 15) is 8.42 Å². The van der Waals surface area contributed by atoms with Crippen molar-refractivity contribution in [3.05, 3.63) is 24.0 Å². The van der Waals surface area contributed by atoms with Gasteiger partial charge in [0.25, 0.3) is 0 Å². The van der Waals surface area contributed by atoms with Gasteiger partial charge in [-0.25, -0.2) is 13.1 Å². The molecule has 1 heterocycles. The zero-order chi connectivity index (χ0) is 15.2.